The highest BCUT2D eigenvalue weighted by atomic mass is 16.5. The fourth-order valence-corrected chi connectivity index (χ4v) is 1.68. The molecule has 0 radical (unpaired) electrons. The number of nitrogens with one attached hydrogen (secondary N) is 1. The van der Waals surface area contributed by atoms with Crippen LogP contribution in [0.4, 0.5) is 4.79 Å². The molecule has 1 aliphatic heterocycles. The highest BCUT2D eigenvalue weighted by molar-refractivity contribution is 5.73. The summed E-state index contributed by atoms with van der Waals surface area (Å²) in [6.45, 7) is 4.43. The Kier molecular flexibility index (Phi) is 5.47. The number of carbonyl (C=O) groups excluding carboxylic acids is 1. The normalized spacial score (nSPS) is 20.3. The third-order valence-corrected chi connectivity index (χ3v) is 2.65. The largest absolute Gasteiger partial charge is 0.376 e. The van der Waals surface area contributed by atoms with Crippen molar-refractivity contribution in [1.82, 2.24) is 10.2 Å². The van der Waals surface area contributed by atoms with Crippen molar-refractivity contribution in [2.24, 2.45) is 0 Å². The van der Waals surface area contributed by atoms with Gasteiger partial charge in [-0.3, -0.25) is 0 Å². The van der Waals surface area contributed by atoms with Crippen molar-refractivity contribution in [2.75, 3.05) is 26.7 Å². The minimum Gasteiger partial charge on any atom is -0.376 e. The highest BCUT2D eigenvalue weighted by Gasteiger charge is 2.19. The molecule has 1 heterocycles. The van der Waals surface area contributed by atoms with Gasteiger partial charge in [0.1, 0.15) is 0 Å². The van der Waals surface area contributed by atoms with Crippen LogP contribution in [0.2, 0.25) is 0 Å². The number of ether oxygens (including phenoxy) is 1. The maximum atomic E-state index is 11.6. The maximum Gasteiger partial charge on any atom is 0.317 e. The Balaban J connectivity index is 2.14. The van der Waals surface area contributed by atoms with Crippen molar-refractivity contribution in [2.45, 2.75) is 38.7 Å². The van der Waals surface area contributed by atoms with E-state index in [-0.39, 0.29) is 12.1 Å². The SMILES string of the molecule is CCCCNC(=O)N(C)CC1CCCO1. The van der Waals surface area contributed by atoms with E-state index in [9.17, 15) is 4.79 Å². The molecular weight excluding hydrogens is 192 g/mol. The molecule has 0 aromatic heterocycles. The van der Waals surface area contributed by atoms with Crippen molar-refractivity contribution in [1.29, 1.82) is 0 Å². The number of nitrogens with zero attached hydrogens (tertiary/aromatic N) is 1. The van der Waals surface area contributed by atoms with Gasteiger partial charge in [-0.25, -0.2) is 4.79 Å². The fraction of sp³-hybridized carbons (Fsp3) is 0.909. The standard InChI is InChI=1S/C11H22N2O2/c1-3-4-7-12-11(14)13(2)9-10-6-5-8-15-10/h10H,3-9H2,1-2H3,(H,12,14). The number of amides is 2. The monoisotopic (exact) mass is 214 g/mol. The topological polar surface area (TPSA) is 41.6 Å². The summed E-state index contributed by atoms with van der Waals surface area (Å²) >= 11 is 0. The first-order chi connectivity index (χ1) is 7.24. The van der Waals surface area contributed by atoms with Crippen LogP contribution in [-0.4, -0.2) is 43.8 Å². The van der Waals surface area contributed by atoms with Crippen LogP contribution in [0.5, 0.6) is 0 Å². The van der Waals surface area contributed by atoms with Gasteiger partial charge in [0.05, 0.1) is 6.10 Å². The second kappa shape index (κ2) is 6.67. The second-order valence-corrected chi connectivity index (χ2v) is 4.10. The molecule has 0 aromatic carbocycles. The van der Waals surface area contributed by atoms with E-state index in [4.69, 9.17) is 4.74 Å². The molecule has 0 spiro atoms. The lowest BCUT2D eigenvalue weighted by atomic mass is 10.2. The third-order valence-electron chi connectivity index (χ3n) is 2.65. The molecule has 0 bridgehead atoms. The van der Waals surface area contributed by atoms with E-state index < -0.39 is 0 Å². The zero-order chi connectivity index (χ0) is 11.1. The predicted molar refractivity (Wildman–Crippen MR) is 59.9 cm³/mol. The van der Waals surface area contributed by atoms with Gasteiger partial charge in [0.2, 0.25) is 0 Å². The van der Waals surface area contributed by atoms with Crippen LogP contribution in [0.25, 0.3) is 0 Å². The molecule has 1 unspecified atom stereocenters. The zero-order valence-electron chi connectivity index (χ0n) is 9.79. The molecule has 2 amide bonds. The maximum absolute atomic E-state index is 11.6. The summed E-state index contributed by atoms with van der Waals surface area (Å²) in [5.41, 5.74) is 0. The van der Waals surface area contributed by atoms with Gasteiger partial charge >= 0.3 is 6.03 Å². The molecule has 4 heteroatoms. The van der Waals surface area contributed by atoms with Crippen LogP contribution >= 0.6 is 0 Å². The van der Waals surface area contributed by atoms with E-state index in [1.54, 1.807) is 4.90 Å². The van der Waals surface area contributed by atoms with E-state index in [2.05, 4.69) is 12.2 Å². The summed E-state index contributed by atoms with van der Waals surface area (Å²) in [4.78, 5) is 13.3. The quantitative estimate of drug-likeness (QED) is 0.706. The Labute approximate surface area is 92.0 Å². The van der Waals surface area contributed by atoms with Crippen LogP contribution in [0.1, 0.15) is 32.6 Å². The Hall–Kier alpha value is -0.770. The van der Waals surface area contributed by atoms with Crippen molar-refractivity contribution >= 4 is 6.03 Å². The van der Waals surface area contributed by atoms with Crippen molar-refractivity contribution in [3.63, 3.8) is 0 Å². The Bertz CT molecular complexity index is 191. The molecule has 1 fully saturated rings. The Morgan fingerprint density at radius 3 is 3.00 bits per heavy atom. The van der Waals surface area contributed by atoms with Gasteiger partial charge in [0.15, 0.2) is 0 Å². The van der Waals surface area contributed by atoms with Crippen LogP contribution < -0.4 is 5.32 Å². The molecule has 1 N–H and O–H groups in total. The number of rotatable bonds is 5. The van der Waals surface area contributed by atoms with Crippen molar-refractivity contribution in [3.05, 3.63) is 0 Å². The van der Waals surface area contributed by atoms with E-state index in [1.807, 2.05) is 7.05 Å². The second-order valence-electron chi connectivity index (χ2n) is 4.10. The molecule has 0 aromatic rings. The number of hydrogen-bond acceptors (Lipinski definition) is 2. The number of urea groups is 1. The molecular formula is C11H22N2O2. The summed E-state index contributed by atoms with van der Waals surface area (Å²) in [5, 5.41) is 2.89. The average molecular weight is 214 g/mol. The molecule has 0 aliphatic carbocycles. The van der Waals surface area contributed by atoms with Crippen LogP contribution in [-0.2, 0) is 4.74 Å². The first-order valence-electron chi connectivity index (χ1n) is 5.84. The summed E-state index contributed by atoms with van der Waals surface area (Å²) in [6, 6.07) is 0.0129. The van der Waals surface area contributed by atoms with Gasteiger partial charge in [0.25, 0.3) is 0 Å². The fourth-order valence-electron chi connectivity index (χ4n) is 1.68. The molecule has 1 rings (SSSR count). The van der Waals surface area contributed by atoms with Gasteiger partial charge in [-0.15, -0.1) is 0 Å². The van der Waals surface area contributed by atoms with Crippen LogP contribution in [0, 0.1) is 0 Å². The summed E-state index contributed by atoms with van der Waals surface area (Å²) in [6.07, 6.45) is 4.59. The first kappa shape index (κ1) is 12.3. The van der Waals surface area contributed by atoms with E-state index in [0.29, 0.717) is 6.54 Å². The molecule has 1 atom stereocenters. The summed E-state index contributed by atoms with van der Waals surface area (Å²) in [5.74, 6) is 0. The number of hydrogen-bond donors (Lipinski definition) is 1. The summed E-state index contributed by atoms with van der Waals surface area (Å²) in [7, 11) is 1.82. The third kappa shape index (κ3) is 4.51. The lowest BCUT2D eigenvalue weighted by Gasteiger charge is -2.21. The van der Waals surface area contributed by atoms with Gasteiger partial charge in [-0.05, 0) is 19.3 Å². The zero-order valence-corrected chi connectivity index (χ0v) is 9.79. The smallest absolute Gasteiger partial charge is 0.317 e. The van der Waals surface area contributed by atoms with E-state index in [0.717, 1.165) is 38.8 Å². The predicted octanol–water partition coefficient (Wildman–Crippen LogP) is 1.61. The van der Waals surface area contributed by atoms with E-state index in [1.165, 1.54) is 0 Å². The molecule has 0 saturated carbocycles. The minimum atomic E-state index is 0.0129. The van der Waals surface area contributed by atoms with E-state index >= 15 is 0 Å². The molecule has 88 valence electrons. The lowest BCUT2D eigenvalue weighted by molar-refractivity contribution is 0.0875. The number of likely N-dealkylation sites (N-methyl/N-ethyl adjacent to an activating group) is 1. The average Bonchev–Trinajstić information content (AvgIpc) is 2.70. The summed E-state index contributed by atoms with van der Waals surface area (Å²) < 4.78 is 5.48. The van der Waals surface area contributed by atoms with Gasteiger partial charge in [-0.1, -0.05) is 13.3 Å². The molecule has 15 heavy (non-hydrogen) atoms. The molecule has 4 nitrogen and oxygen atoms in total. The lowest BCUT2D eigenvalue weighted by Crippen LogP contribution is -2.41. The van der Waals surface area contributed by atoms with Crippen molar-refractivity contribution in [3.8, 4) is 0 Å². The van der Waals surface area contributed by atoms with Gasteiger partial charge in [0, 0.05) is 26.7 Å². The van der Waals surface area contributed by atoms with Crippen LogP contribution in [0.3, 0.4) is 0 Å². The number of carbonyl (C=O) groups is 1. The molecule has 1 aliphatic rings. The van der Waals surface area contributed by atoms with Gasteiger partial charge < -0.3 is 15.0 Å². The first-order valence-corrected chi connectivity index (χ1v) is 5.84. The van der Waals surface area contributed by atoms with Crippen LogP contribution in [0.15, 0.2) is 0 Å². The van der Waals surface area contributed by atoms with Crippen molar-refractivity contribution < 1.29 is 9.53 Å². The Morgan fingerprint density at radius 1 is 1.60 bits per heavy atom. The molecule has 1 saturated heterocycles. The Morgan fingerprint density at radius 2 is 2.40 bits per heavy atom. The highest BCUT2D eigenvalue weighted by Crippen LogP contribution is 2.12. The minimum absolute atomic E-state index is 0.0129. The number of unbranched alkanes of at least 4 members (excludes halogenated alkanes) is 1. The van der Waals surface area contributed by atoms with Gasteiger partial charge in [-0.2, -0.15) is 0 Å².